The van der Waals surface area contributed by atoms with E-state index < -0.39 is 11.7 Å². The van der Waals surface area contributed by atoms with Crippen molar-refractivity contribution in [3.05, 3.63) is 53.3 Å². The van der Waals surface area contributed by atoms with Crippen LogP contribution in [0, 0.1) is 5.82 Å². The molecule has 0 saturated heterocycles. The lowest BCUT2D eigenvalue weighted by atomic mass is 9.86. The Morgan fingerprint density at radius 1 is 1.31 bits per heavy atom. The maximum absolute atomic E-state index is 14.4. The monoisotopic (exact) mass is 358 g/mol. The summed E-state index contributed by atoms with van der Waals surface area (Å²) in [5, 5.41) is 15.0. The van der Waals surface area contributed by atoms with Gasteiger partial charge in [-0.1, -0.05) is 26.8 Å². The molecule has 3 N–H and O–H groups in total. The van der Waals surface area contributed by atoms with E-state index in [0.29, 0.717) is 18.0 Å². The first kappa shape index (κ1) is 18.2. The average molecular weight is 358 g/mol. The SMILES string of the molecule is CC(C)(C)c1ccc(C(=O)Nc2ccc3c(c2)OC[C@H](CO)N3)c(F)c1. The second-order valence-corrected chi connectivity index (χ2v) is 7.44. The zero-order valence-electron chi connectivity index (χ0n) is 15.1. The predicted octanol–water partition coefficient (Wildman–Crippen LogP) is 3.54. The third kappa shape index (κ3) is 3.80. The Kier molecular flexibility index (Phi) is 4.87. The molecule has 0 fully saturated rings. The number of hydrogen-bond donors (Lipinski definition) is 3. The van der Waals surface area contributed by atoms with Crippen LogP contribution in [0.3, 0.4) is 0 Å². The van der Waals surface area contributed by atoms with Crippen LogP contribution in [0.5, 0.6) is 5.75 Å². The Labute approximate surface area is 152 Å². The minimum absolute atomic E-state index is 0.00453. The van der Waals surface area contributed by atoms with Crippen LogP contribution in [-0.4, -0.2) is 30.3 Å². The predicted molar refractivity (Wildman–Crippen MR) is 99.5 cm³/mol. The van der Waals surface area contributed by atoms with Crippen molar-refractivity contribution in [2.45, 2.75) is 32.2 Å². The van der Waals surface area contributed by atoms with Gasteiger partial charge in [-0.3, -0.25) is 4.79 Å². The van der Waals surface area contributed by atoms with Gasteiger partial charge in [-0.15, -0.1) is 0 Å². The summed E-state index contributed by atoms with van der Waals surface area (Å²) in [6.07, 6.45) is 0. The molecule has 1 amide bonds. The number of carbonyl (C=O) groups is 1. The fourth-order valence-electron chi connectivity index (χ4n) is 2.75. The summed E-state index contributed by atoms with van der Waals surface area (Å²) in [6, 6.07) is 9.66. The van der Waals surface area contributed by atoms with Gasteiger partial charge in [0.15, 0.2) is 0 Å². The second kappa shape index (κ2) is 6.96. The van der Waals surface area contributed by atoms with Crippen molar-refractivity contribution in [2.24, 2.45) is 0 Å². The molecule has 0 radical (unpaired) electrons. The van der Waals surface area contributed by atoms with Crippen LogP contribution in [0.1, 0.15) is 36.7 Å². The van der Waals surface area contributed by atoms with E-state index in [2.05, 4.69) is 10.6 Å². The Morgan fingerprint density at radius 3 is 2.73 bits per heavy atom. The Morgan fingerprint density at radius 2 is 2.08 bits per heavy atom. The van der Waals surface area contributed by atoms with Gasteiger partial charge in [0, 0.05) is 11.8 Å². The van der Waals surface area contributed by atoms with E-state index in [4.69, 9.17) is 4.74 Å². The number of benzene rings is 2. The first-order chi connectivity index (χ1) is 12.3. The number of nitrogens with one attached hydrogen (secondary N) is 2. The highest BCUT2D eigenvalue weighted by Gasteiger charge is 2.20. The molecule has 5 nitrogen and oxygen atoms in total. The molecule has 1 aliphatic heterocycles. The normalized spacial score (nSPS) is 16.3. The number of fused-ring (bicyclic) bond motifs is 1. The number of anilines is 2. The molecule has 3 rings (SSSR count). The van der Waals surface area contributed by atoms with E-state index in [1.54, 1.807) is 24.3 Å². The molecular weight excluding hydrogens is 335 g/mol. The smallest absolute Gasteiger partial charge is 0.258 e. The summed E-state index contributed by atoms with van der Waals surface area (Å²) in [5.41, 5.74) is 1.89. The zero-order valence-corrected chi connectivity index (χ0v) is 15.1. The Hall–Kier alpha value is -2.60. The molecule has 0 bridgehead atoms. The standard InChI is InChI=1S/C20H23FN2O3/c1-20(2,3)12-4-6-15(16(21)8-12)19(25)23-13-5-7-17-18(9-13)26-11-14(10-24)22-17/h4-9,14,22,24H,10-11H2,1-3H3,(H,23,25)/t14-/m0/s1. The number of ether oxygens (including phenoxy) is 1. The lowest BCUT2D eigenvalue weighted by Crippen LogP contribution is -2.34. The third-order valence-corrected chi connectivity index (χ3v) is 4.34. The molecule has 6 heteroatoms. The summed E-state index contributed by atoms with van der Waals surface area (Å²) >= 11 is 0. The summed E-state index contributed by atoms with van der Waals surface area (Å²) in [4.78, 5) is 12.4. The van der Waals surface area contributed by atoms with Gasteiger partial charge in [-0.25, -0.2) is 4.39 Å². The van der Waals surface area contributed by atoms with Crippen molar-refractivity contribution in [1.82, 2.24) is 0 Å². The van der Waals surface area contributed by atoms with Crippen LogP contribution in [0.15, 0.2) is 36.4 Å². The number of carbonyl (C=O) groups excluding carboxylic acids is 1. The quantitative estimate of drug-likeness (QED) is 0.785. The van der Waals surface area contributed by atoms with Gasteiger partial charge in [0.05, 0.1) is 23.9 Å². The summed E-state index contributed by atoms with van der Waals surface area (Å²) in [6.45, 7) is 6.28. The molecule has 1 aliphatic rings. The van der Waals surface area contributed by atoms with Gasteiger partial charge in [0.1, 0.15) is 18.2 Å². The topological polar surface area (TPSA) is 70.6 Å². The molecule has 1 atom stereocenters. The summed E-state index contributed by atoms with van der Waals surface area (Å²) in [5.74, 6) is -0.479. The molecule has 2 aromatic carbocycles. The average Bonchev–Trinajstić information content (AvgIpc) is 2.60. The van der Waals surface area contributed by atoms with Crippen molar-refractivity contribution < 1.29 is 19.0 Å². The van der Waals surface area contributed by atoms with Crippen molar-refractivity contribution in [2.75, 3.05) is 23.8 Å². The van der Waals surface area contributed by atoms with Crippen molar-refractivity contribution in [1.29, 1.82) is 0 Å². The minimum Gasteiger partial charge on any atom is -0.489 e. The Bertz CT molecular complexity index is 830. The molecule has 0 aromatic heterocycles. The first-order valence-corrected chi connectivity index (χ1v) is 8.53. The molecule has 0 saturated carbocycles. The van der Waals surface area contributed by atoms with Gasteiger partial charge in [-0.2, -0.15) is 0 Å². The lowest BCUT2D eigenvalue weighted by molar-refractivity contribution is 0.102. The maximum Gasteiger partial charge on any atom is 0.258 e. The molecule has 0 unspecified atom stereocenters. The number of aliphatic hydroxyl groups is 1. The van der Waals surface area contributed by atoms with E-state index in [-0.39, 0.29) is 23.6 Å². The second-order valence-electron chi connectivity index (χ2n) is 7.44. The van der Waals surface area contributed by atoms with Crippen molar-refractivity contribution in [3.8, 4) is 5.75 Å². The highest BCUT2D eigenvalue weighted by molar-refractivity contribution is 6.04. The van der Waals surface area contributed by atoms with Crippen LogP contribution in [0.4, 0.5) is 15.8 Å². The van der Waals surface area contributed by atoms with Crippen LogP contribution in [0.2, 0.25) is 0 Å². The van der Waals surface area contributed by atoms with Crippen LogP contribution < -0.4 is 15.4 Å². The number of rotatable bonds is 3. The minimum atomic E-state index is -0.545. The van der Waals surface area contributed by atoms with Crippen LogP contribution in [-0.2, 0) is 5.41 Å². The summed E-state index contributed by atoms with van der Waals surface area (Å²) in [7, 11) is 0. The van der Waals surface area contributed by atoms with E-state index in [1.165, 1.54) is 12.1 Å². The van der Waals surface area contributed by atoms with Crippen LogP contribution in [0.25, 0.3) is 0 Å². The molecule has 138 valence electrons. The number of aliphatic hydroxyl groups excluding tert-OH is 1. The van der Waals surface area contributed by atoms with E-state index in [9.17, 15) is 14.3 Å². The number of amides is 1. The third-order valence-electron chi connectivity index (χ3n) is 4.34. The van der Waals surface area contributed by atoms with Crippen LogP contribution >= 0.6 is 0 Å². The van der Waals surface area contributed by atoms with Gasteiger partial charge >= 0.3 is 0 Å². The van der Waals surface area contributed by atoms with Gasteiger partial charge in [0.25, 0.3) is 5.91 Å². The Balaban J connectivity index is 1.77. The molecule has 2 aromatic rings. The van der Waals surface area contributed by atoms with Gasteiger partial charge in [-0.05, 0) is 35.2 Å². The highest BCUT2D eigenvalue weighted by atomic mass is 19.1. The van der Waals surface area contributed by atoms with E-state index >= 15 is 0 Å². The van der Waals surface area contributed by atoms with Crippen molar-refractivity contribution >= 4 is 17.3 Å². The molecular formula is C20H23FN2O3. The molecule has 1 heterocycles. The van der Waals surface area contributed by atoms with Crippen molar-refractivity contribution in [3.63, 3.8) is 0 Å². The molecule has 0 aliphatic carbocycles. The van der Waals surface area contributed by atoms with E-state index in [0.717, 1.165) is 11.3 Å². The fraction of sp³-hybridized carbons (Fsp3) is 0.350. The number of halogens is 1. The number of hydrogen-bond acceptors (Lipinski definition) is 4. The zero-order chi connectivity index (χ0) is 18.9. The first-order valence-electron chi connectivity index (χ1n) is 8.53. The fourth-order valence-corrected chi connectivity index (χ4v) is 2.75. The maximum atomic E-state index is 14.4. The van der Waals surface area contributed by atoms with Gasteiger partial charge in [0.2, 0.25) is 0 Å². The highest BCUT2D eigenvalue weighted by Crippen LogP contribution is 2.32. The van der Waals surface area contributed by atoms with Gasteiger partial charge < -0.3 is 20.5 Å². The van der Waals surface area contributed by atoms with E-state index in [1.807, 2.05) is 20.8 Å². The molecule has 0 spiro atoms. The summed E-state index contributed by atoms with van der Waals surface area (Å²) < 4.78 is 20.0. The molecule has 26 heavy (non-hydrogen) atoms. The largest absolute Gasteiger partial charge is 0.489 e. The lowest BCUT2D eigenvalue weighted by Gasteiger charge is -2.26.